The lowest BCUT2D eigenvalue weighted by molar-refractivity contribution is 0.175. The molecule has 0 aliphatic carbocycles. The number of nitrogens with zero attached hydrogens (tertiary/aromatic N) is 5. The average molecular weight is 537 g/mol. The summed E-state index contributed by atoms with van der Waals surface area (Å²) < 4.78 is 12.9. The summed E-state index contributed by atoms with van der Waals surface area (Å²) in [5.74, 6) is 2.67. The van der Waals surface area contributed by atoms with E-state index in [0.29, 0.717) is 23.1 Å². The maximum atomic E-state index is 9.82. The molecule has 0 unspecified atom stereocenters. The second-order valence-corrected chi connectivity index (χ2v) is 9.96. The lowest BCUT2D eigenvalue weighted by Crippen LogP contribution is -2.34. The van der Waals surface area contributed by atoms with Crippen molar-refractivity contribution in [3.63, 3.8) is 0 Å². The average Bonchev–Trinajstić information content (AvgIpc) is 3.43. The third kappa shape index (κ3) is 5.28. The number of nitrogens with one attached hydrogen (secondary N) is 1. The fraction of sp³-hybridized carbons (Fsp3) is 0.258. The van der Waals surface area contributed by atoms with Gasteiger partial charge in [-0.05, 0) is 54.8 Å². The minimum atomic E-state index is 0.195. The normalized spacial score (nSPS) is 14.3. The van der Waals surface area contributed by atoms with Crippen LogP contribution in [0.1, 0.15) is 24.4 Å². The minimum Gasteiger partial charge on any atom is -0.508 e. The molecule has 0 atom stereocenters. The van der Waals surface area contributed by atoms with Gasteiger partial charge in [-0.2, -0.15) is 5.10 Å². The molecule has 2 N–H and O–H groups in total. The first-order valence-electron chi connectivity index (χ1n) is 13.4. The molecule has 1 fully saturated rings. The van der Waals surface area contributed by atoms with Crippen LogP contribution in [0.15, 0.2) is 79.0 Å². The van der Waals surface area contributed by atoms with Crippen LogP contribution in [0.5, 0.6) is 17.2 Å². The van der Waals surface area contributed by atoms with Gasteiger partial charge in [-0.25, -0.2) is 14.6 Å². The standard InChI is InChI=1S/C31H32N6O3/c1-39-27-13-10-23(18-28(27)40-2)33-30-26-19-32-37(31(26)35-29(34-30)22-8-11-25(38)12-9-22)24-14-16-36(17-15-24)20-21-6-4-3-5-7-21/h3-13,18-19,24,38H,14-17,20H2,1-2H3,(H,33,34,35). The molecule has 40 heavy (non-hydrogen) atoms. The molecule has 0 radical (unpaired) electrons. The van der Waals surface area contributed by atoms with Crippen molar-refractivity contribution in [3.05, 3.63) is 84.6 Å². The van der Waals surface area contributed by atoms with Gasteiger partial charge >= 0.3 is 0 Å². The molecule has 1 aliphatic heterocycles. The van der Waals surface area contributed by atoms with Crippen LogP contribution in [0, 0.1) is 0 Å². The van der Waals surface area contributed by atoms with Gasteiger partial charge in [0, 0.05) is 37.0 Å². The van der Waals surface area contributed by atoms with Crippen LogP contribution in [-0.2, 0) is 6.54 Å². The summed E-state index contributed by atoms with van der Waals surface area (Å²) in [6.45, 7) is 2.95. The van der Waals surface area contributed by atoms with Crippen LogP contribution in [0.4, 0.5) is 11.5 Å². The Kier molecular flexibility index (Phi) is 7.20. The molecular weight excluding hydrogens is 504 g/mol. The van der Waals surface area contributed by atoms with Crippen molar-refractivity contribution in [2.24, 2.45) is 0 Å². The Morgan fingerprint density at radius 2 is 1.65 bits per heavy atom. The number of ether oxygens (including phenoxy) is 2. The third-order valence-electron chi connectivity index (χ3n) is 7.38. The van der Waals surface area contributed by atoms with E-state index >= 15 is 0 Å². The highest BCUT2D eigenvalue weighted by Crippen LogP contribution is 2.34. The Morgan fingerprint density at radius 1 is 0.900 bits per heavy atom. The summed E-state index contributed by atoms with van der Waals surface area (Å²) in [7, 11) is 3.23. The highest BCUT2D eigenvalue weighted by Gasteiger charge is 2.25. The predicted octanol–water partition coefficient (Wildman–Crippen LogP) is 5.80. The number of hydrogen-bond donors (Lipinski definition) is 2. The molecule has 9 heteroatoms. The number of aromatic hydroxyl groups is 1. The predicted molar refractivity (Wildman–Crippen MR) is 155 cm³/mol. The van der Waals surface area contributed by atoms with Gasteiger partial charge < -0.3 is 19.9 Å². The molecule has 1 saturated heterocycles. The van der Waals surface area contributed by atoms with Crippen molar-refractivity contribution in [2.75, 3.05) is 32.6 Å². The number of phenolic OH excluding ortho intramolecular Hbond substituents is 1. The monoisotopic (exact) mass is 536 g/mol. The van der Waals surface area contributed by atoms with Gasteiger partial charge in [0.15, 0.2) is 23.0 Å². The molecule has 6 rings (SSSR count). The summed E-state index contributed by atoms with van der Waals surface area (Å²) in [5, 5.41) is 18.9. The number of hydrogen-bond acceptors (Lipinski definition) is 8. The molecule has 204 valence electrons. The van der Waals surface area contributed by atoms with E-state index in [2.05, 4.69) is 45.2 Å². The summed E-state index contributed by atoms with van der Waals surface area (Å²) >= 11 is 0. The number of aromatic nitrogens is 4. The van der Waals surface area contributed by atoms with Crippen LogP contribution < -0.4 is 14.8 Å². The molecule has 3 heterocycles. The number of anilines is 2. The van der Waals surface area contributed by atoms with Crippen molar-refractivity contribution in [1.82, 2.24) is 24.6 Å². The lowest BCUT2D eigenvalue weighted by Gasteiger charge is -2.32. The van der Waals surface area contributed by atoms with E-state index in [9.17, 15) is 5.11 Å². The zero-order chi connectivity index (χ0) is 27.5. The summed E-state index contributed by atoms with van der Waals surface area (Å²) in [6.07, 6.45) is 3.82. The van der Waals surface area contributed by atoms with Crippen LogP contribution >= 0.6 is 0 Å². The Bertz CT molecular complexity index is 1600. The molecule has 3 aromatic carbocycles. The number of phenols is 1. The molecule has 0 bridgehead atoms. The highest BCUT2D eigenvalue weighted by atomic mass is 16.5. The summed E-state index contributed by atoms with van der Waals surface area (Å²) in [6, 6.07) is 23.4. The molecule has 0 amide bonds. The number of benzene rings is 3. The van der Waals surface area contributed by atoms with Crippen molar-refractivity contribution >= 4 is 22.5 Å². The van der Waals surface area contributed by atoms with E-state index in [4.69, 9.17) is 24.5 Å². The molecular formula is C31H32N6O3. The minimum absolute atomic E-state index is 0.195. The molecule has 0 saturated carbocycles. The Hall–Kier alpha value is -4.63. The van der Waals surface area contributed by atoms with E-state index < -0.39 is 0 Å². The van der Waals surface area contributed by atoms with E-state index in [0.717, 1.165) is 54.8 Å². The molecule has 1 aliphatic rings. The van der Waals surface area contributed by atoms with Crippen molar-refractivity contribution in [2.45, 2.75) is 25.4 Å². The Labute approximate surface area is 233 Å². The number of methoxy groups -OCH3 is 2. The van der Waals surface area contributed by atoms with Gasteiger partial charge in [0.2, 0.25) is 0 Å². The van der Waals surface area contributed by atoms with Crippen LogP contribution in [-0.4, -0.2) is 57.1 Å². The molecule has 2 aromatic heterocycles. The fourth-order valence-electron chi connectivity index (χ4n) is 5.24. The highest BCUT2D eigenvalue weighted by molar-refractivity contribution is 5.90. The van der Waals surface area contributed by atoms with Gasteiger partial charge in [-0.3, -0.25) is 4.90 Å². The van der Waals surface area contributed by atoms with Crippen LogP contribution in [0.3, 0.4) is 0 Å². The fourth-order valence-corrected chi connectivity index (χ4v) is 5.24. The zero-order valence-corrected chi connectivity index (χ0v) is 22.6. The first-order chi connectivity index (χ1) is 19.6. The van der Waals surface area contributed by atoms with Gasteiger partial charge in [-0.15, -0.1) is 0 Å². The number of fused-ring (bicyclic) bond motifs is 1. The largest absolute Gasteiger partial charge is 0.508 e. The number of likely N-dealkylation sites (tertiary alicyclic amines) is 1. The Morgan fingerprint density at radius 3 is 2.38 bits per heavy atom. The first-order valence-corrected chi connectivity index (χ1v) is 13.4. The number of piperidine rings is 1. The van der Waals surface area contributed by atoms with E-state index in [1.165, 1.54) is 5.56 Å². The van der Waals surface area contributed by atoms with Crippen LogP contribution in [0.25, 0.3) is 22.4 Å². The lowest BCUT2D eigenvalue weighted by atomic mass is 10.0. The Balaban J connectivity index is 1.33. The van der Waals surface area contributed by atoms with Crippen LogP contribution in [0.2, 0.25) is 0 Å². The second-order valence-electron chi connectivity index (χ2n) is 9.96. The van der Waals surface area contributed by atoms with Gasteiger partial charge in [0.25, 0.3) is 0 Å². The van der Waals surface area contributed by atoms with Crippen molar-refractivity contribution < 1.29 is 14.6 Å². The van der Waals surface area contributed by atoms with Gasteiger partial charge in [-0.1, -0.05) is 30.3 Å². The van der Waals surface area contributed by atoms with E-state index in [1.807, 2.05) is 36.5 Å². The second kappa shape index (κ2) is 11.2. The molecule has 0 spiro atoms. The summed E-state index contributed by atoms with van der Waals surface area (Å²) in [4.78, 5) is 12.3. The van der Waals surface area contributed by atoms with E-state index in [1.54, 1.807) is 26.4 Å². The molecule has 5 aromatic rings. The number of rotatable bonds is 8. The zero-order valence-electron chi connectivity index (χ0n) is 22.6. The van der Waals surface area contributed by atoms with Crippen molar-refractivity contribution in [1.29, 1.82) is 0 Å². The maximum absolute atomic E-state index is 9.82. The quantitative estimate of drug-likeness (QED) is 0.257. The maximum Gasteiger partial charge on any atom is 0.164 e. The molecule has 9 nitrogen and oxygen atoms in total. The van der Waals surface area contributed by atoms with Gasteiger partial charge in [0.1, 0.15) is 11.6 Å². The van der Waals surface area contributed by atoms with Gasteiger partial charge in [0.05, 0.1) is 31.8 Å². The smallest absolute Gasteiger partial charge is 0.164 e. The van der Waals surface area contributed by atoms with Crippen molar-refractivity contribution in [3.8, 4) is 28.6 Å². The topological polar surface area (TPSA) is 97.6 Å². The first kappa shape index (κ1) is 25.6. The summed E-state index contributed by atoms with van der Waals surface area (Å²) in [5.41, 5.74) is 3.72. The SMILES string of the molecule is COc1ccc(Nc2nc(-c3ccc(O)cc3)nc3c2cnn3C2CCN(Cc3ccccc3)CC2)cc1OC. The third-order valence-corrected chi connectivity index (χ3v) is 7.38. The van der Waals surface area contributed by atoms with E-state index in [-0.39, 0.29) is 11.8 Å².